The van der Waals surface area contributed by atoms with E-state index in [2.05, 4.69) is 42.9 Å². The summed E-state index contributed by atoms with van der Waals surface area (Å²) in [6, 6.07) is 0. The van der Waals surface area contributed by atoms with Crippen molar-refractivity contribution in [3.63, 3.8) is 0 Å². The summed E-state index contributed by atoms with van der Waals surface area (Å²) in [4.78, 5) is 4.21. The Hall–Kier alpha value is -0.990. The maximum atomic E-state index is 4.21. The lowest BCUT2D eigenvalue weighted by atomic mass is 10.1. The van der Waals surface area contributed by atoms with Gasteiger partial charge in [-0.15, -0.1) is 5.11 Å². The Kier molecular flexibility index (Phi) is 5.17. The Morgan fingerprint density at radius 3 is 2.17 bits per heavy atom. The van der Waals surface area contributed by atoms with E-state index in [4.69, 9.17) is 0 Å². The van der Waals surface area contributed by atoms with Gasteiger partial charge in [-0.1, -0.05) is 19.4 Å². The van der Waals surface area contributed by atoms with E-state index in [1.54, 1.807) is 7.05 Å². The van der Waals surface area contributed by atoms with E-state index >= 15 is 0 Å². The molecule has 0 heterocycles. The summed E-state index contributed by atoms with van der Waals surface area (Å²) in [6.07, 6.45) is 1.49. The van der Waals surface area contributed by atoms with Crippen LogP contribution in [0, 0.1) is 5.92 Å². The predicted molar refractivity (Wildman–Crippen MR) is 52.5 cm³/mol. The molecule has 0 amide bonds. The first kappa shape index (κ1) is 11.0. The fourth-order valence-electron chi connectivity index (χ4n) is 0.995. The van der Waals surface area contributed by atoms with Gasteiger partial charge in [0.05, 0.1) is 0 Å². The van der Waals surface area contributed by atoms with Gasteiger partial charge < -0.3 is 0 Å². The van der Waals surface area contributed by atoms with Crippen molar-refractivity contribution in [3.8, 4) is 0 Å². The highest BCUT2D eigenvalue weighted by Gasteiger charge is 2.01. The molecule has 0 aliphatic heterocycles. The number of hydrogen-bond donors (Lipinski definition) is 0. The number of hydrogen-bond acceptors (Lipinski definition) is 2. The molecule has 0 aromatic carbocycles. The molecule has 0 saturated heterocycles. The van der Waals surface area contributed by atoms with Crippen molar-refractivity contribution in [2.45, 2.75) is 27.7 Å². The highest BCUT2D eigenvalue weighted by atomic mass is 15.1. The molecule has 0 atom stereocenters. The van der Waals surface area contributed by atoms with Gasteiger partial charge in [-0.3, -0.25) is 0 Å². The third-order valence-electron chi connectivity index (χ3n) is 1.42. The lowest BCUT2D eigenvalue weighted by Crippen LogP contribution is -1.93. The monoisotopic (exact) mass is 167 g/mol. The lowest BCUT2D eigenvalue weighted by molar-refractivity contribution is 0.745. The lowest BCUT2D eigenvalue weighted by Gasteiger charge is -2.06. The number of azo groups is 1. The van der Waals surface area contributed by atoms with Crippen LogP contribution in [0.25, 0.3) is 0 Å². The molecule has 3 heteroatoms. The van der Waals surface area contributed by atoms with E-state index in [-0.39, 0.29) is 0 Å². The molecular formula is C9H17N3. The van der Waals surface area contributed by atoms with Crippen LogP contribution in [-0.4, -0.2) is 13.4 Å². The standard InChI is InChI=1S/C9H17N3/c1-7(2)9(8(3)4)11-6-12-10-5/h6-7H,1-5H3/b11-6-,12-10+. The minimum atomic E-state index is 0.443. The van der Waals surface area contributed by atoms with Crippen molar-refractivity contribution in [1.29, 1.82) is 0 Å². The number of aliphatic imine (C=N–C) groups is 1. The summed E-state index contributed by atoms with van der Waals surface area (Å²) in [6.45, 7) is 8.33. The minimum Gasteiger partial charge on any atom is -0.239 e. The van der Waals surface area contributed by atoms with Gasteiger partial charge >= 0.3 is 0 Å². The molecule has 12 heavy (non-hydrogen) atoms. The van der Waals surface area contributed by atoms with Crippen molar-refractivity contribution in [1.82, 2.24) is 0 Å². The van der Waals surface area contributed by atoms with E-state index in [1.807, 2.05) is 0 Å². The SMILES string of the molecule is C/N=N/C=N\C(=C(C)C)C(C)C. The first-order valence-corrected chi connectivity index (χ1v) is 4.08. The Balaban J connectivity index is 4.47. The molecule has 0 bridgehead atoms. The highest BCUT2D eigenvalue weighted by Crippen LogP contribution is 2.14. The molecular weight excluding hydrogens is 150 g/mol. The fourth-order valence-corrected chi connectivity index (χ4v) is 0.995. The van der Waals surface area contributed by atoms with Gasteiger partial charge in [0.1, 0.15) is 6.34 Å². The molecule has 0 radical (unpaired) electrons. The maximum absolute atomic E-state index is 4.21. The van der Waals surface area contributed by atoms with Crippen LogP contribution in [0.5, 0.6) is 0 Å². The van der Waals surface area contributed by atoms with Gasteiger partial charge in [-0.2, -0.15) is 5.11 Å². The molecule has 0 unspecified atom stereocenters. The van der Waals surface area contributed by atoms with Crippen LogP contribution in [0.3, 0.4) is 0 Å². The van der Waals surface area contributed by atoms with E-state index in [9.17, 15) is 0 Å². The third kappa shape index (κ3) is 4.01. The van der Waals surface area contributed by atoms with E-state index in [1.165, 1.54) is 11.9 Å². The second-order valence-electron chi connectivity index (χ2n) is 3.10. The average molecular weight is 167 g/mol. The Morgan fingerprint density at radius 1 is 1.25 bits per heavy atom. The van der Waals surface area contributed by atoms with Gasteiger partial charge in [0.15, 0.2) is 0 Å². The summed E-state index contributed by atoms with van der Waals surface area (Å²) in [5.41, 5.74) is 2.31. The Bertz CT molecular complexity index is 208. The van der Waals surface area contributed by atoms with Crippen molar-refractivity contribution in [2.24, 2.45) is 21.1 Å². The second kappa shape index (κ2) is 5.63. The first-order chi connectivity index (χ1) is 5.59. The molecule has 0 fully saturated rings. The summed E-state index contributed by atoms with van der Waals surface area (Å²) in [7, 11) is 1.63. The molecule has 0 aromatic rings. The molecule has 3 nitrogen and oxygen atoms in total. The molecule has 0 N–H and O–H groups in total. The fraction of sp³-hybridized carbons (Fsp3) is 0.667. The van der Waals surface area contributed by atoms with Crippen LogP contribution in [0.1, 0.15) is 27.7 Å². The van der Waals surface area contributed by atoms with Crippen molar-refractivity contribution < 1.29 is 0 Å². The van der Waals surface area contributed by atoms with Crippen LogP contribution >= 0.6 is 0 Å². The first-order valence-electron chi connectivity index (χ1n) is 4.08. The number of rotatable bonds is 3. The minimum absolute atomic E-state index is 0.443. The highest BCUT2D eigenvalue weighted by molar-refractivity contribution is 5.56. The third-order valence-corrected chi connectivity index (χ3v) is 1.42. The number of nitrogens with zero attached hydrogens (tertiary/aromatic N) is 3. The largest absolute Gasteiger partial charge is 0.239 e. The normalized spacial score (nSPS) is 11.8. The summed E-state index contributed by atoms with van der Waals surface area (Å²) >= 11 is 0. The van der Waals surface area contributed by atoms with Gasteiger partial charge in [0.25, 0.3) is 0 Å². The maximum Gasteiger partial charge on any atom is 0.137 e. The van der Waals surface area contributed by atoms with Gasteiger partial charge in [0, 0.05) is 12.7 Å². The summed E-state index contributed by atoms with van der Waals surface area (Å²) < 4.78 is 0. The van der Waals surface area contributed by atoms with Crippen molar-refractivity contribution in [2.75, 3.05) is 7.05 Å². The summed E-state index contributed by atoms with van der Waals surface area (Å²) in [5.74, 6) is 0.443. The molecule has 0 saturated carbocycles. The Labute approximate surface area is 74.3 Å². The Morgan fingerprint density at radius 2 is 1.83 bits per heavy atom. The number of allylic oxidation sites excluding steroid dienone is 2. The molecule has 68 valence electrons. The van der Waals surface area contributed by atoms with Crippen LogP contribution in [-0.2, 0) is 0 Å². The van der Waals surface area contributed by atoms with Crippen molar-refractivity contribution in [3.05, 3.63) is 11.3 Å². The smallest absolute Gasteiger partial charge is 0.137 e. The van der Waals surface area contributed by atoms with Crippen LogP contribution in [0.2, 0.25) is 0 Å². The molecule has 0 spiro atoms. The zero-order valence-electron chi connectivity index (χ0n) is 8.50. The van der Waals surface area contributed by atoms with E-state index < -0.39 is 0 Å². The predicted octanol–water partition coefficient (Wildman–Crippen LogP) is 3.05. The quantitative estimate of drug-likeness (QED) is 0.352. The summed E-state index contributed by atoms with van der Waals surface area (Å²) in [5, 5.41) is 7.25. The average Bonchev–Trinajstić information content (AvgIpc) is 1.96. The molecule has 0 aliphatic carbocycles. The van der Waals surface area contributed by atoms with Crippen molar-refractivity contribution >= 4 is 6.34 Å². The van der Waals surface area contributed by atoms with Crippen LogP contribution in [0.4, 0.5) is 0 Å². The second-order valence-corrected chi connectivity index (χ2v) is 3.10. The zero-order valence-corrected chi connectivity index (χ0v) is 8.50. The molecule has 0 aromatic heterocycles. The van der Waals surface area contributed by atoms with Gasteiger partial charge in [0.2, 0.25) is 0 Å². The van der Waals surface area contributed by atoms with Crippen LogP contribution < -0.4 is 0 Å². The topological polar surface area (TPSA) is 37.1 Å². The zero-order chi connectivity index (χ0) is 9.56. The van der Waals surface area contributed by atoms with Crippen LogP contribution in [0.15, 0.2) is 26.5 Å². The molecule has 0 rings (SSSR count). The van der Waals surface area contributed by atoms with Gasteiger partial charge in [-0.25, -0.2) is 4.99 Å². The molecule has 0 aliphatic rings. The van der Waals surface area contributed by atoms with Gasteiger partial charge in [-0.05, 0) is 19.8 Å². The van der Waals surface area contributed by atoms with E-state index in [0.717, 1.165) is 5.70 Å². The van der Waals surface area contributed by atoms with E-state index in [0.29, 0.717) is 5.92 Å².